The van der Waals surface area contributed by atoms with E-state index in [-0.39, 0.29) is 18.7 Å². The molecule has 0 radical (unpaired) electrons. The van der Waals surface area contributed by atoms with E-state index >= 15 is 0 Å². The van der Waals surface area contributed by atoms with Gasteiger partial charge in [0.25, 0.3) is 0 Å². The van der Waals surface area contributed by atoms with Crippen LogP contribution in [0.15, 0.2) is 12.2 Å². The second-order valence-corrected chi connectivity index (χ2v) is 4.51. The summed E-state index contributed by atoms with van der Waals surface area (Å²) in [6.45, 7) is 6.43. The van der Waals surface area contributed by atoms with Crippen molar-refractivity contribution >= 4 is 5.97 Å². The standard InChI is InChI=1S/C14H15N5O2/c1-10(2)13(20)21-5-4-19-14(3,11(6-15)7-16)12(8-17)9-18/h11-12,19H,1,4-5H2,2-3H3. The Balaban J connectivity index is 4.90. The highest BCUT2D eigenvalue weighted by molar-refractivity contribution is 5.86. The predicted molar refractivity (Wildman–Crippen MR) is 71.6 cm³/mol. The van der Waals surface area contributed by atoms with Gasteiger partial charge in [-0.15, -0.1) is 0 Å². The lowest BCUT2D eigenvalue weighted by Gasteiger charge is -2.32. The smallest absolute Gasteiger partial charge is 0.333 e. The number of nitriles is 4. The van der Waals surface area contributed by atoms with Crippen molar-refractivity contribution in [2.45, 2.75) is 19.4 Å². The lowest BCUT2D eigenvalue weighted by molar-refractivity contribution is -0.138. The molecule has 0 aliphatic heterocycles. The van der Waals surface area contributed by atoms with Gasteiger partial charge in [-0.2, -0.15) is 21.0 Å². The molecule has 0 spiro atoms. The molecule has 108 valence electrons. The van der Waals surface area contributed by atoms with Gasteiger partial charge in [-0.3, -0.25) is 0 Å². The second kappa shape index (κ2) is 8.33. The summed E-state index contributed by atoms with van der Waals surface area (Å²) < 4.78 is 4.86. The highest BCUT2D eigenvalue weighted by Gasteiger charge is 2.42. The van der Waals surface area contributed by atoms with E-state index in [1.807, 2.05) is 0 Å². The average Bonchev–Trinajstić information content (AvgIpc) is 2.45. The molecule has 21 heavy (non-hydrogen) atoms. The van der Waals surface area contributed by atoms with Crippen molar-refractivity contribution in [3.8, 4) is 24.3 Å². The number of carbonyl (C=O) groups excluding carboxylic acids is 1. The Morgan fingerprint density at radius 3 is 1.95 bits per heavy atom. The van der Waals surface area contributed by atoms with Crippen LogP contribution in [0.5, 0.6) is 0 Å². The van der Waals surface area contributed by atoms with Crippen molar-refractivity contribution in [1.82, 2.24) is 5.32 Å². The maximum Gasteiger partial charge on any atom is 0.333 e. The Kier molecular flexibility index (Phi) is 7.19. The zero-order chi connectivity index (χ0) is 16.5. The number of nitrogens with one attached hydrogen (secondary N) is 1. The van der Waals surface area contributed by atoms with Gasteiger partial charge in [0.1, 0.15) is 6.61 Å². The fourth-order valence-electron chi connectivity index (χ4n) is 1.55. The summed E-state index contributed by atoms with van der Waals surface area (Å²) in [5.74, 6) is -2.95. The van der Waals surface area contributed by atoms with E-state index in [2.05, 4.69) is 11.9 Å². The summed E-state index contributed by atoms with van der Waals surface area (Å²) in [4.78, 5) is 11.2. The van der Waals surface area contributed by atoms with Crippen LogP contribution in [0.2, 0.25) is 0 Å². The Labute approximate surface area is 123 Å². The monoisotopic (exact) mass is 285 g/mol. The van der Waals surface area contributed by atoms with E-state index in [9.17, 15) is 4.79 Å². The van der Waals surface area contributed by atoms with Gasteiger partial charge in [0, 0.05) is 12.1 Å². The Hall–Kier alpha value is -2.87. The minimum Gasteiger partial charge on any atom is -0.461 e. The molecule has 0 atom stereocenters. The first-order valence-corrected chi connectivity index (χ1v) is 6.03. The van der Waals surface area contributed by atoms with Gasteiger partial charge in [-0.05, 0) is 13.8 Å². The third-order valence-corrected chi connectivity index (χ3v) is 2.91. The van der Waals surface area contributed by atoms with Crippen molar-refractivity contribution in [3.63, 3.8) is 0 Å². The van der Waals surface area contributed by atoms with Crippen molar-refractivity contribution < 1.29 is 9.53 Å². The molecule has 1 N–H and O–H groups in total. The molecular weight excluding hydrogens is 270 g/mol. The number of nitrogens with zero attached hydrogens (tertiary/aromatic N) is 4. The molecule has 0 aliphatic rings. The van der Waals surface area contributed by atoms with Crippen LogP contribution >= 0.6 is 0 Å². The molecule has 0 saturated heterocycles. The second-order valence-electron chi connectivity index (χ2n) is 4.51. The Morgan fingerprint density at radius 2 is 1.62 bits per heavy atom. The van der Waals surface area contributed by atoms with Crippen molar-refractivity contribution in [2.75, 3.05) is 13.2 Å². The molecule has 0 aromatic heterocycles. The minimum absolute atomic E-state index is 0.0333. The van der Waals surface area contributed by atoms with E-state index in [0.29, 0.717) is 0 Å². The number of ether oxygens (including phenoxy) is 1. The quantitative estimate of drug-likeness (QED) is 0.415. The first kappa shape index (κ1) is 18.1. The van der Waals surface area contributed by atoms with Crippen molar-refractivity contribution in [2.24, 2.45) is 11.8 Å². The van der Waals surface area contributed by atoms with Crippen molar-refractivity contribution in [3.05, 3.63) is 12.2 Å². The lowest BCUT2D eigenvalue weighted by Crippen LogP contribution is -2.54. The average molecular weight is 285 g/mol. The number of hydrogen-bond acceptors (Lipinski definition) is 7. The van der Waals surface area contributed by atoms with Crippen LogP contribution in [-0.4, -0.2) is 24.7 Å². The summed E-state index contributed by atoms with van der Waals surface area (Å²) in [6.07, 6.45) is 0. The fraction of sp³-hybridized carbons (Fsp3) is 0.500. The number of esters is 1. The zero-order valence-corrected chi connectivity index (χ0v) is 11.9. The summed E-state index contributed by atoms with van der Waals surface area (Å²) in [5.41, 5.74) is -1.10. The van der Waals surface area contributed by atoms with Gasteiger partial charge < -0.3 is 10.1 Å². The molecule has 0 amide bonds. The van der Waals surface area contributed by atoms with Crippen LogP contribution in [0.25, 0.3) is 0 Å². The van der Waals surface area contributed by atoms with E-state index in [1.165, 1.54) is 13.8 Å². The molecule has 0 fully saturated rings. The van der Waals surface area contributed by atoms with Gasteiger partial charge in [0.2, 0.25) is 0 Å². The first-order valence-electron chi connectivity index (χ1n) is 6.03. The Bertz CT molecular complexity index is 510. The van der Waals surface area contributed by atoms with Crippen LogP contribution in [-0.2, 0) is 9.53 Å². The fourth-order valence-corrected chi connectivity index (χ4v) is 1.55. The lowest BCUT2D eigenvalue weighted by atomic mass is 9.77. The molecule has 0 rings (SSSR count). The molecule has 0 aliphatic carbocycles. The molecule has 0 aromatic rings. The van der Waals surface area contributed by atoms with Crippen LogP contribution < -0.4 is 5.32 Å². The molecule has 7 nitrogen and oxygen atoms in total. The van der Waals surface area contributed by atoms with E-state index in [0.717, 1.165) is 0 Å². The van der Waals surface area contributed by atoms with Gasteiger partial charge in [0.15, 0.2) is 11.8 Å². The third kappa shape index (κ3) is 4.62. The zero-order valence-electron chi connectivity index (χ0n) is 11.9. The number of hydrogen-bond donors (Lipinski definition) is 1. The van der Waals surface area contributed by atoms with E-state index < -0.39 is 23.3 Å². The molecule has 0 heterocycles. The van der Waals surface area contributed by atoms with Crippen LogP contribution in [0.1, 0.15) is 13.8 Å². The molecule has 0 bridgehead atoms. The number of carbonyl (C=O) groups is 1. The summed E-state index contributed by atoms with van der Waals surface area (Å²) in [7, 11) is 0. The third-order valence-electron chi connectivity index (χ3n) is 2.91. The molecule has 0 unspecified atom stereocenters. The van der Waals surface area contributed by atoms with Crippen LogP contribution in [0.3, 0.4) is 0 Å². The first-order chi connectivity index (χ1) is 9.87. The Morgan fingerprint density at radius 1 is 1.19 bits per heavy atom. The highest BCUT2D eigenvalue weighted by Crippen LogP contribution is 2.25. The summed E-state index contributed by atoms with van der Waals surface area (Å²) >= 11 is 0. The molecule has 0 aromatic carbocycles. The van der Waals surface area contributed by atoms with Gasteiger partial charge in [-0.1, -0.05) is 6.58 Å². The molecular formula is C14H15N5O2. The normalized spacial score (nSPS) is 10.1. The van der Waals surface area contributed by atoms with Gasteiger partial charge >= 0.3 is 5.97 Å². The predicted octanol–water partition coefficient (Wildman–Crippen LogP) is 0.781. The highest BCUT2D eigenvalue weighted by atomic mass is 16.5. The maximum absolute atomic E-state index is 11.2. The van der Waals surface area contributed by atoms with E-state index in [1.54, 1.807) is 24.3 Å². The minimum atomic E-state index is -1.34. The topological polar surface area (TPSA) is 133 Å². The maximum atomic E-state index is 11.2. The van der Waals surface area contributed by atoms with Crippen LogP contribution in [0, 0.1) is 57.2 Å². The summed E-state index contributed by atoms with van der Waals surface area (Å²) in [6, 6.07) is 7.05. The SMILES string of the molecule is C=C(C)C(=O)OCCNC(C)(C(C#N)C#N)C(C#N)C#N. The molecule has 0 saturated carbocycles. The van der Waals surface area contributed by atoms with E-state index in [4.69, 9.17) is 25.8 Å². The molecule has 7 heteroatoms. The van der Waals surface area contributed by atoms with Gasteiger partial charge in [-0.25, -0.2) is 4.79 Å². The van der Waals surface area contributed by atoms with Gasteiger partial charge in [0.05, 0.1) is 29.8 Å². The number of rotatable bonds is 7. The largest absolute Gasteiger partial charge is 0.461 e. The van der Waals surface area contributed by atoms with Crippen molar-refractivity contribution in [1.29, 1.82) is 21.0 Å². The summed E-state index contributed by atoms with van der Waals surface area (Å²) in [5, 5.41) is 38.8. The van der Waals surface area contributed by atoms with Crippen LogP contribution in [0.4, 0.5) is 0 Å².